The first kappa shape index (κ1) is 21.7. The predicted molar refractivity (Wildman–Crippen MR) is 117 cm³/mol. The van der Waals surface area contributed by atoms with Gasteiger partial charge >= 0.3 is 5.97 Å². The van der Waals surface area contributed by atoms with Gasteiger partial charge in [-0.25, -0.2) is 4.98 Å². The number of carbonyl (C=O) groups excluding carboxylic acids is 2. The van der Waals surface area contributed by atoms with Gasteiger partial charge in [-0.15, -0.1) is 0 Å². The number of nitrogens with one attached hydrogen (secondary N) is 1. The molecule has 2 aromatic heterocycles. The number of carbonyl (C=O) groups is 2. The average Bonchev–Trinajstić information content (AvgIpc) is 3.18. The number of ether oxygens (including phenoxy) is 3. The molecule has 0 atom stereocenters. The van der Waals surface area contributed by atoms with Crippen LogP contribution in [0.2, 0.25) is 0 Å². The summed E-state index contributed by atoms with van der Waals surface area (Å²) in [5, 5.41) is 0.731. The highest BCUT2D eigenvalue weighted by Gasteiger charge is 2.28. The topological polar surface area (TPSA) is 116 Å². The third kappa shape index (κ3) is 3.88. The van der Waals surface area contributed by atoms with Crippen LogP contribution in [0.3, 0.4) is 0 Å². The summed E-state index contributed by atoms with van der Waals surface area (Å²) in [6, 6.07) is 3.51. The van der Waals surface area contributed by atoms with E-state index in [0.717, 1.165) is 5.39 Å². The molecule has 4 rings (SSSR count). The zero-order valence-electron chi connectivity index (χ0n) is 18.3. The number of esters is 1. The zero-order chi connectivity index (χ0) is 22.8. The lowest BCUT2D eigenvalue weighted by Gasteiger charge is -2.31. The lowest BCUT2D eigenvalue weighted by atomic mass is 9.97. The first-order chi connectivity index (χ1) is 15.5. The van der Waals surface area contributed by atoms with E-state index in [0.29, 0.717) is 60.6 Å². The van der Waals surface area contributed by atoms with Crippen LogP contribution in [-0.2, 0) is 20.9 Å². The molecule has 1 aromatic carbocycles. The van der Waals surface area contributed by atoms with Gasteiger partial charge in [-0.1, -0.05) is 0 Å². The number of hydrogen-bond donors (Lipinski definition) is 1. The maximum Gasteiger partial charge on any atom is 0.309 e. The molecule has 1 aliphatic rings. The minimum atomic E-state index is -0.334. The van der Waals surface area contributed by atoms with E-state index in [2.05, 4.69) is 9.97 Å². The Hall–Kier alpha value is -3.56. The van der Waals surface area contributed by atoms with Crippen LogP contribution >= 0.6 is 0 Å². The van der Waals surface area contributed by atoms with Crippen LogP contribution in [0.5, 0.6) is 11.5 Å². The second-order valence-corrected chi connectivity index (χ2v) is 7.69. The van der Waals surface area contributed by atoms with Crippen LogP contribution in [0.15, 0.2) is 23.3 Å². The van der Waals surface area contributed by atoms with E-state index in [1.807, 2.05) is 0 Å². The minimum Gasteiger partial charge on any atom is -0.493 e. The van der Waals surface area contributed by atoms with Gasteiger partial charge in [-0.2, -0.15) is 0 Å². The van der Waals surface area contributed by atoms with Gasteiger partial charge in [0.25, 0.3) is 5.56 Å². The Kier molecular flexibility index (Phi) is 6.02. The SMILES string of the molecule is CCOC(=O)C1CCN(C(=O)Cn2cnc3c([nH]c4cc(OC)c(OC)cc43)c2=O)CC1. The Morgan fingerprint density at radius 2 is 1.84 bits per heavy atom. The molecule has 0 spiro atoms. The van der Waals surface area contributed by atoms with Crippen molar-refractivity contribution in [3.8, 4) is 11.5 Å². The van der Waals surface area contributed by atoms with Gasteiger partial charge in [0.1, 0.15) is 17.6 Å². The summed E-state index contributed by atoms with van der Waals surface area (Å²) in [5.74, 6) is 0.495. The Labute approximate surface area is 184 Å². The highest BCUT2D eigenvalue weighted by molar-refractivity contribution is 6.05. The Bertz CT molecular complexity index is 1220. The number of aromatic nitrogens is 3. The number of piperidine rings is 1. The van der Waals surface area contributed by atoms with E-state index in [9.17, 15) is 14.4 Å². The summed E-state index contributed by atoms with van der Waals surface area (Å²) in [7, 11) is 3.08. The van der Waals surface area contributed by atoms with Crippen LogP contribution in [0.25, 0.3) is 21.9 Å². The van der Waals surface area contributed by atoms with Crippen molar-refractivity contribution < 1.29 is 23.8 Å². The summed E-state index contributed by atoms with van der Waals surface area (Å²) < 4.78 is 17.0. The van der Waals surface area contributed by atoms with Crippen molar-refractivity contribution in [1.29, 1.82) is 0 Å². The maximum absolute atomic E-state index is 13.0. The first-order valence-corrected chi connectivity index (χ1v) is 10.5. The number of benzene rings is 1. The summed E-state index contributed by atoms with van der Waals surface area (Å²) >= 11 is 0. The van der Waals surface area contributed by atoms with E-state index in [1.165, 1.54) is 10.9 Å². The van der Waals surface area contributed by atoms with Crippen LogP contribution in [-0.4, -0.2) is 65.2 Å². The molecule has 10 heteroatoms. The summed E-state index contributed by atoms with van der Waals surface area (Å²) in [6.45, 7) is 2.92. The standard InChI is InChI=1S/C22H26N4O6/c1-4-32-22(29)13-5-7-25(8-6-13)18(27)11-26-12-23-19-14-9-16(30-2)17(31-3)10-15(14)24-20(19)21(26)28/h9-10,12-13,24H,4-8,11H2,1-3H3. The fraction of sp³-hybridized carbons (Fsp3) is 0.455. The van der Waals surface area contributed by atoms with E-state index >= 15 is 0 Å². The molecule has 1 amide bonds. The number of fused-ring (bicyclic) bond motifs is 3. The number of rotatable bonds is 6. The quantitative estimate of drug-likeness (QED) is 0.578. The lowest BCUT2D eigenvalue weighted by molar-refractivity contribution is -0.151. The van der Waals surface area contributed by atoms with Gasteiger partial charge in [0.15, 0.2) is 11.5 Å². The van der Waals surface area contributed by atoms with E-state index in [1.54, 1.807) is 38.2 Å². The monoisotopic (exact) mass is 442 g/mol. The van der Waals surface area contributed by atoms with E-state index in [-0.39, 0.29) is 29.9 Å². The largest absolute Gasteiger partial charge is 0.493 e. The molecular weight excluding hydrogens is 416 g/mol. The maximum atomic E-state index is 13.0. The normalized spacial score (nSPS) is 14.7. The van der Waals surface area contributed by atoms with Crippen LogP contribution in [0.1, 0.15) is 19.8 Å². The molecule has 0 radical (unpaired) electrons. The molecule has 1 aliphatic heterocycles. The Morgan fingerprint density at radius 3 is 2.50 bits per heavy atom. The van der Waals surface area contributed by atoms with Crippen molar-refractivity contribution in [3.05, 3.63) is 28.8 Å². The minimum absolute atomic E-state index is 0.117. The van der Waals surface area contributed by atoms with Crippen molar-refractivity contribution >= 4 is 33.8 Å². The Balaban J connectivity index is 1.54. The molecule has 3 aromatic rings. The van der Waals surface area contributed by atoms with Gasteiger partial charge in [0.05, 0.1) is 38.6 Å². The number of likely N-dealkylation sites (tertiary alicyclic amines) is 1. The van der Waals surface area contributed by atoms with Crippen molar-refractivity contribution in [2.75, 3.05) is 33.9 Å². The Morgan fingerprint density at radius 1 is 1.16 bits per heavy atom. The second kappa shape index (κ2) is 8.89. The third-order valence-electron chi connectivity index (χ3n) is 5.85. The second-order valence-electron chi connectivity index (χ2n) is 7.69. The molecule has 3 heterocycles. The van der Waals surface area contributed by atoms with E-state index < -0.39 is 0 Å². The zero-order valence-corrected chi connectivity index (χ0v) is 18.3. The molecule has 10 nitrogen and oxygen atoms in total. The molecule has 32 heavy (non-hydrogen) atoms. The molecule has 0 bridgehead atoms. The van der Waals surface area contributed by atoms with Gasteiger partial charge in [0, 0.05) is 24.5 Å². The molecule has 1 fully saturated rings. The molecular formula is C22H26N4O6. The summed E-state index contributed by atoms with van der Waals surface area (Å²) in [6.07, 6.45) is 2.50. The number of hydrogen-bond acceptors (Lipinski definition) is 7. The molecule has 170 valence electrons. The first-order valence-electron chi connectivity index (χ1n) is 10.5. The predicted octanol–water partition coefficient (Wildman–Crippen LogP) is 1.70. The van der Waals surface area contributed by atoms with Crippen molar-refractivity contribution in [2.24, 2.45) is 5.92 Å². The molecule has 1 N–H and O–H groups in total. The van der Waals surface area contributed by atoms with Gasteiger partial charge < -0.3 is 24.1 Å². The fourth-order valence-electron chi connectivity index (χ4n) is 4.10. The summed E-state index contributed by atoms with van der Waals surface area (Å²) in [5.41, 5.74) is 1.17. The van der Waals surface area contributed by atoms with Crippen molar-refractivity contribution in [2.45, 2.75) is 26.3 Å². The number of amides is 1. The van der Waals surface area contributed by atoms with Crippen LogP contribution < -0.4 is 15.0 Å². The molecule has 1 saturated heterocycles. The number of H-pyrrole nitrogens is 1. The van der Waals surface area contributed by atoms with Crippen LogP contribution in [0, 0.1) is 5.92 Å². The van der Waals surface area contributed by atoms with Crippen LogP contribution in [0.4, 0.5) is 0 Å². The number of aromatic amines is 1. The highest BCUT2D eigenvalue weighted by Crippen LogP contribution is 2.34. The summed E-state index contributed by atoms with van der Waals surface area (Å²) in [4.78, 5) is 46.9. The molecule has 0 unspecified atom stereocenters. The lowest BCUT2D eigenvalue weighted by Crippen LogP contribution is -2.43. The van der Waals surface area contributed by atoms with Crippen molar-refractivity contribution in [3.63, 3.8) is 0 Å². The number of nitrogens with zero attached hydrogens (tertiary/aromatic N) is 3. The fourth-order valence-corrected chi connectivity index (χ4v) is 4.10. The van der Waals surface area contributed by atoms with Crippen molar-refractivity contribution in [1.82, 2.24) is 19.4 Å². The smallest absolute Gasteiger partial charge is 0.309 e. The average molecular weight is 442 g/mol. The van der Waals surface area contributed by atoms with E-state index in [4.69, 9.17) is 14.2 Å². The molecule has 0 saturated carbocycles. The highest BCUT2D eigenvalue weighted by atomic mass is 16.5. The van der Waals surface area contributed by atoms with Gasteiger partial charge in [-0.05, 0) is 25.8 Å². The van der Waals surface area contributed by atoms with Gasteiger partial charge in [-0.3, -0.25) is 19.0 Å². The molecule has 0 aliphatic carbocycles. The number of methoxy groups -OCH3 is 2. The third-order valence-corrected chi connectivity index (χ3v) is 5.85. The van der Waals surface area contributed by atoms with Gasteiger partial charge in [0.2, 0.25) is 5.91 Å².